The van der Waals surface area contributed by atoms with Gasteiger partial charge in [0.2, 0.25) is 0 Å². The molecule has 0 atom stereocenters. The van der Waals surface area contributed by atoms with Crippen LogP contribution in [0.5, 0.6) is 0 Å². The van der Waals surface area contributed by atoms with Crippen LogP contribution in [-0.2, 0) is 6.54 Å². The highest BCUT2D eigenvalue weighted by molar-refractivity contribution is 7.98. The highest BCUT2D eigenvalue weighted by atomic mass is 32.2. The molecule has 0 aliphatic heterocycles. The highest BCUT2D eigenvalue weighted by Crippen LogP contribution is 2.35. The van der Waals surface area contributed by atoms with Crippen molar-refractivity contribution < 1.29 is 0 Å². The van der Waals surface area contributed by atoms with Gasteiger partial charge in [-0.25, -0.2) is 9.48 Å². The van der Waals surface area contributed by atoms with Crippen LogP contribution in [0, 0.1) is 0 Å². The number of nitrogens with zero attached hydrogens (tertiary/aromatic N) is 3. The van der Waals surface area contributed by atoms with E-state index in [1.54, 1.807) is 11.8 Å². The van der Waals surface area contributed by atoms with Crippen LogP contribution in [0.15, 0.2) is 9.95 Å². The molecule has 1 heterocycles. The van der Waals surface area contributed by atoms with E-state index in [0.717, 1.165) is 18.0 Å². The molecule has 0 unspecified atom stereocenters. The van der Waals surface area contributed by atoms with Gasteiger partial charge in [0.1, 0.15) is 0 Å². The standard InChI is InChI=1S/C8H13N3OS/c1-3-10-8(12)11(6-4-5-6)7(9-10)13-2/h6H,3-5H2,1-2H3. The molecule has 0 spiro atoms. The first-order valence-corrected chi connectivity index (χ1v) is 5.73. The van der Waals surface area contributed by atoms with Crippen LogP contribution in [0.2, 0.25) is 0 Å². The van der Waals surface area contributed by atoms with E-state index in [-0.39, 0.29) is 5.69 Å². The third kappa shape index (κ3) is 1.41. The van der Waals surface area contributed by atoms with Gasteiger partial charge in [-0.1, -0.05) is 11.8 Å². The van der Waals surface area contributed by atoms with Crippen LogP contribution < -0.4 is 5.69 Å². The summed E-state index contributed by atoms with van der Waals surface area (Å²) < 4.78 is 3.36. The molecular formula is C8H13N3OS. The number of hydrogen-bond donors (Lipinski definition) is 0. The minimum absolute atomic E-state index is 0.0503. The number of rotatable bonds is 3. The van der Waals surface area contributed by atoms with Gasteiger partial charge in [0.05, 0.1) is 0 Å². The number of aryl methyl sites for hydroxylation is 1. The lowest BCUT2D eigenvalue weighted by molar-refractivity contribution is 0.607. The van der Waals surface area contributed by atoms with E-state index >= 15 is 0 Å². The molecule has 4 nitrogen and oxygen atoms in total. The van der Waals surface area contributed by atoms with E-state index in [1.807, 2.05) is 17.7 Å². The Kier molecular flexibility index (Phi) is 2.19. The van der Waals surface area contributed by atoms with Crippen molar-refractivity contribution in [2.45, 2.75) is 37.5 Å². The molecule has 0 N–H and O–H groups in total. The summed E-state index contributed by atoms with van der Waals surface area (Å²) in [6, 6.07) is 0.426. The third-order valence-electron chi connectivity index (χ3n) is 2.23. The zero-order valence-electron chi connectivity index (χ0n) is 7.86. The third-order valence-corrected chi connectivity index (χ3v) is 2.88. The molecule has 1 aliphatic carbocycles. The van der Waals surface area contributed by atoms with Gasteiger partial charge >= 0.3 is 5.69 Å². The summed E-state index contributed by atoms with van der Waals surface area (Å²) in [6.45, 7) is 2.60. The van der Waals surface area contributed by atoms with Gasteiger partial charge < -0.3 is 0 Å². The second kappa shape index (κ2) is 3.21. The molecule has 5 heteroatoms. The molecule has 0 amide bonds. The number of hydrogen-bond acceptors (Lipinski definition) is 3. The van der Waals surface area contributed by atoms with E-state index in [2.05, 4.69) is 5.10 Å². The first-order chi connectivity index (χ1) is 6.27. The van der Waals surface area contributed by atoms with E-state index in [9.17, 15) is 4.79 Å². The first kappa shape index (κ1) is 8.87. The summed E-state index contributed by atoms with van der Waals surface area (Å²) in [6.07, 6.45) is 4.21. The summed E-state index contributed by atoms with van der Waals surface area (Å²) >= 11 is 1.55. The van der Waals surface area contributed by atoms with E-state index in [4.69, 9.17) is 0 Å². The summed E-state index contributed by atoms with van der Waals surface area (Å²) in [5.74, 6) is 0. The van der Waals surface area contributed by atoms with Gasteiger partial charge in [0, 0.05) is 12.6 Å². The smallest absolute Gasteiger partial charge is 0.267 e. The molecule has 2 rings (SSSR count). The van der Waals surface area contributed by atoms with Crippen LogP contribution in [0.1, 0.15) is 25.8 Å². The van der Waals surface area contributed by atoms with Crippen molar-refractivity contribution in [1.29, 1.82) is 0 Å². The maximum Gasteiger partial charge on any atom is 0.346 e. The molecule has 13 heavy (non-hydrogen) atoms. The molecule has 1 aromatic rings. The maximum atomic E-state index is 11.7. The Labute approximate surface area is 80.9 Å². The summed E-state index contributed by atoms with van der Waals surface area (Å²) in [5, 5.41) is 5.09. The molecule has 0 bridgehead atoms. The quantitative estimate of drug-likeness (QED) is 0.685. The minimum atomic E-state index is 0.0503. The maximum absolute atomic E-state index is 11.7. The van der Waals surface area contributed by atoms with Crippen LogP contribution in [-0.4, -0.2) is 20.6 Å². The largest absolute Gasteiger partial charge is 0.346 e. The second-order valence-corrected chi connectivity index (χ2v) is 3.96. The minimum Gasteiger partial charge on any atom is -0.267 e. The fourth-order valence-corrected chi connectivity index (χ4v) is 1.99. The summed E-state index contributed by atoms with van der Waals surface area (Å²) in [5.41, 5.74) is 0.0503. The van der Waals surface area contributed by atoms with Gasteiger partial charge in [0.15, 0.2) is 5.16 Å². The second-order valence-electron chi connectivity index (χ2n) is 3.19. The molecule has 0 radical (unpaired) electrons. The molecular weight excluding hydrogens is 186 g/mol. The van der Waals surface area contributed by atoms with Crippen LogP contribution in [0.4, 0.5) is 0 Å². The molecule has 0 aromatic carbocycles. The SMILES string of the molecule is CCn1nc(SC)n(C2CC2)c1=O. The zero-order valence-corrected chi connectivity index (χ0v) is 8.67. The topological polar surface area (TPSA) is 39.8 Å². The van der Waals surface area contributed by atoms with Crippen LogP contribution in [0.25, 0.3) is 0 Å². The lowest BCUT2D eigenvalue weighted by Gasteiger charge is -1.97. The van der Waals surface area contributed by atoms with E-state index < -0.39 is 0 Å². The lowest BCUT2D eigenvalue weighted by Crippen LogP contribution is -2.23. The fourth-order valence-electron chi connectivity index (χ4n) is 1.39. The van der Waals surface area contributed by atoms with Gasteiger partial charge in [0.25, 0.3) is 0 Å². The molecule has 0 saturated heterocycles. The fraction of sp³-hybridized carbons (Fsp3) is 0.750. The molecule has 1 saturated carbocycles. The van der Waals surface area contributed by atoms with E-state index in [1.165, 1.54) is 4.68 Å². The average Bonchev–Trinajstić information content (AvgIpc) is 2.91. The van der Waals surface area contributed by atoms with E-state index in [0.29, 0.717) is 12.6 Å². The van der Waals surface area contributed by atoms with Gasteiger partial charge in [-0.2, -0.15) is 0 Å². The number of thioether (sulfide) groups is 1. The molecule has 1 fully saturated rings. The monoisotopic (exact) mass is 199 g/mol. The van der Waals surface area contributed by atoms with Crippen LogP contribution in [0.3, 0.4) is 0 Å². The number of aromatic nitrogens is 3. The van der Waals surface area contributed by atoms with Crippen molar-refractivity contribution >= 4 is 11.8 Å². The van der Waals surface area contributed by atoms with Crippen molar-refractivity contribution in [3.63, 3.8) is 0 Å². The summed E-state index contributed by atoms with van der Waals surface area (Å²) in [7, 11) is 0. The Hall–Kier alpha value is -0.710. The van der Waals surface area contributed by atoms with Crippen molar-refractivity contribution in [2.75, 3.05) is 6.26 Å². The Morgan fingerprint density at radius 3 is 2.77 bits per heavy atom. The van der Waals surface area contributed by atoms with Gasteiger partial charge in [-0.15, -0.1) is 5.10 Å². The van der Waals surface area contributed by atoms with Crippen LogP contribution >= 0.6 is 11.8 Å². The Bertz CT molecular complexity index is 364. The van der Waals surface area contributed by atoms with Gasteiger partial charge in [-0.3, -0.25) is 4.57 Å². The Morgan fingerprint density at radius 2 is 2.31 bits per heavy atom. The predicted octanol–water partition coefficient (Wildman–Crippen LogP) is 1.12. The summed E-state index contributed by atoms with van der Waals surface area (Å²) in [4.78, 5) is 11.7. The normalized spacial score (nSPS) is 16.5. The molecule has 72 valence electrons. The lowest BCUT2D eigenvalue weighted by atomic mass is 10.7. The molecule has 1 aliphatic rings. The average molecular weight is 199 g/mol. The molecule has 1 aromatic heterocycles. The van der Waals surface area contributed by atoms with Crippen molar-refractivity contribution in [3.8, 4) is 0 Å². The van der Waals surface area contributed by atoms with Crippen molar-refractivity contribution in [2.24, 2.45) is 0 Å². The van der Waals surface area contributed by atoms with Crippen molar-refractivity contribution in [1.82, 2.24) is 14.3 Å². The van der Waals surface area contributed by atoms with Gasteiger partial charge in [-0.05, 0) is 26.0 Å². The zero-order chi connectivity index (χ0) is 9.42. The van der Waals surface area contributed by atoms with Crippen molar-refractivity contribution in [3.05, 3.63) is 10.5 Å². The highest BCUT2D eigenvalue weighted by Gasteiger charge is 2.29. The predicted molar refractivity (Wildman–Crippen MR) is 52.2 cm³/mol. The Morgan fingerprint density at radius 1 is 1.62 bits per heavy atom. The Balaban J connectivity index is 2.49. The first-order valence-electron chi connectivity index (χ1n) is 4.51.